The molecule has 4 heteroatoms. The van der Waals surface area contributed by atoms with Crippen LogP contribution in [-0.2, 0) is 0 Å². The Labute approximate surface area is 83.3 Å². The van der Waals surface area contributed by atoms with Crippen LogP contribution in [0.15, 0.2) is 24.3 Å². The van der Waals surface area contributed by atoms with Crippen molar-refractivity contribution in [2.24, 2.45) is 5.73 Å². The van der Waals surface area contributed by atoms with Gasteiger partial charge in [-0.15, -0.1) is 0 Å². The molecule has 1 aromatic rings. The quantitative estimate of drug-likeness (QED) is 0.699. The number of rotatable bonds is 4. The van der Waals surface area contributed by atoms with Gasteiger partial charge < -0.3 is 20.3 Å². The van der Waals surface area contributed by atoms with Crippen molar-refractivity contribution in [3.05, 3.63) is 24.3 Å². The van der Waals surface area contributed by atoms with Crippen LogP contribution in [0.25, 0.3) is 0 Å². The van der Waals surface area contributed by atoms with Crippen molar-refractivity contribution in [2.75, 3.05) is 13.7 Å². The van der Waals surface area contributed by atoms with E-state index in [-0.39, 0.29) is 6.54 Å². The van der Waals surface area contributed by atoms with Gasteiger partial charge in [0.1, 0.15) is 0 Å². The van der Waals surface area contributed by atoms with E-state index < -0.39 is 5.79 Å². The first-order chi connectivity index (χ1) is 6.59. The highest BCUT2D eigenvalue weighted by Crippen LogP contribution is 2.28. The molecule has 78 valence electrons. The second-order valence-corrected chi connectivity index (χ2v) is 3.13. The lowest BCUT2D eigenvalue weighted by Gasteiger charge is -2.23. The molecule has 0 amide bonds. The Morgan fingerprint density at radius 3 is 2.43 bits per heavy atom. The predicted molar refractivity (Wildman–Crippen MR) is 53.3 cm³/mol. The maximum atomic E-state index is 9.59. The van der Waals surface area contributed by atoms with E-state index >= 15 is 0 Å². The molecular weight excluding hydrogens is 182 g/mol. The van der Waals surface area contributed by atoms with Crippen molar-refractivity contribution in [3.8, 4) is 11.5 Å². The summed E-state index contributed by atoms with van der Waals surface area (Å²) < 4.78 is 10.3. The van der Waals surface area contributed by atoms with Crippen LogP contribution in [0.2, 0.25) is 0 Å². The van der Waals surface area contributed by atoms with Gasteiger partial charge in [0.2, 0.25) is 5.79 Å². The molecule has 3 N–H and O–H groups in total. The first-order valence-electron chi connectivity index (χ1n) is 4.33. The van der Waals surface area contributed by atoms with E-state index in [1.807, 2.05) is 6.07 Å². The van der Waals surface area contributed by atoms with Crippen LogP contribution in [-0.4, -0.2) is 24.5 Å². The van der Waals surface area contributed by atoms with Gasteiger partial charge in [-0.05, 0) is 12.1 Å². The van der Waals surface area contributed by atoms with Gasteiger partial charge >= 0.3 is 0 Å². The molecule has 0 radical (unpaired) electrons. The Morgan fingerprint density at radius 1 is 1.36 bits per heavy atom. The molecule has 0 aliphatic rings. The van der Waals surface area contributed by atoms with Crippen molar-refractivity contribution in [1.82, 2.24) is 0 Å². The second-order valence-electron chi connectivity index (χ2n) is 3.13. The first kappa shape index (κ1) is 10.8. The Kier molecular flexibility index (Phi) is 3.33. The largest absolute Gasteiger partial charge is 0.493 e. The highest BCUT2D eigenvalue weighted by Gasteiger charge is 2.21. The molecular formula is C10H15NO3. The van der Waals surface area contributed by atoms with E-state index in [2.05, 4.69) is 0 Å². The monoisotopic (exact) mass is 197 g/mol. The molecule has 0 fully saturated rings. The number of benzene rings is 1. The fraction of sp³-hybridized carbons (Fsp3) is 0.400. The average Bonchev–Trinajstić information content (AvgIpc) is 2.18. The van der Waals surface area contributed by atoms with Crippen LogP contribution in [0.5, 0.6) is 11.5 Å². The molecule has 1 unspecified atom stereocenters. The van der Waals surface area contributed by atoms with Crippen molar-refractivity contribution in [1.29, 1.82) is 0 Å². The van der Waals surface area contributed by atoms with E-state index in [9.17, 15) is 5.11 Å². The molecule has 0 aliphatic heterocycles. The summed E-state index contributed by atoms with van der Waals surface area (Å²) in [5, 5.41) is 9.59. The third kappa shape index (κ3) is 2.61. The minimum absolute atomic E-state index is 0.0189. The molecule has 0 aliphatic carbocycles. The van der Waals surface area contributed by atoms with Gasteiger partial charge in [-0.25, -0.2) is 0 Å². The number of hydrogen-bond acceptors (Lipinski definition) is 4. The fourth-order valence-electron chi connectivity index (χ4n) is 0.982. The minimum Gasteiger partial charge on any atom is -0.493 e. The first-order valence-corrected chi connectivity index (χ1v) is 4.33. The summed E-state index contributed by atoms with van der Waals surface area (Å²) in [6, 6.07) is 7.08. The summed E-state index contributed by atoms with van der Waals surface area (Å²) in [5.41, 5.74) is 5.33. The van der Waals surface area contributed by atoms with E-state index in [0.717, 1.165) is 0 Å². The summed E-state index contributed by atoms with van der Waals surface area (Å²) in [5.74, 6) is -0.319. The van der Waals surface area contributed by atoms with Crippen LogP contribution in [0.3, 0.4) is 0 Å². The Balaban J connectivity index is 2.85. The number of methoxy groups -OCH3 is 1. The van der Waals surface area contributed by atoms with Crippen molar-refractivity contribution in [2.45, 2.75) is 12.7 Å². The Hall–Kier alpha value is -1.26. The molecule has 0 spiro atoms. The molecule has 0 saturated heterocycles. The van der Waals surface area contributed by atoms with Gasteiger partial charge in [0, 0.05) is 6.92 Å². The van der Waals surface area contributed by atoms with Crippen LogP contribution in [0.4, 0.5) is 0 Å². The van der Waals surface area contributed by atoms with Crippen molar-refractivity contribution >= 4 is 0 Å². The lowest BCUT2D eigenvalue weighted by molar-refractivity contribution is -0.113. The molecule has 1 atom stereocenters. The zero-order valence-corrected chi connectivity index (χ0v) is 8.36. The van der Waals surface area contributed by atoms with E-state index in [1.165, 1.54) is 6.92 Å². The van der Waals surface area contributed by atoms with Crippen molar-refractivity contribution in [3.63, 3.8) is 0 Å². The number of para-hydroxylation sites is 2. The lowest BCUT2D eigenvalue weighted by Crippen LogP contribution is -2.40. The molecule has 0 bridgehead atoms. The predicted octanol–water partition coefficient (Wildman–Crippen LogP) is 0.741. The van der Waals surface area contributed by atoms with Crippen LogP contribution in [0.1, 0.15) is 6.92 Å². The minimum atomic E-state index is -1.37. The van der Waals surface area contributed by atoms with Gasteiger partial charge in [-0.2, -0.15) is 0 Å². The van der Waals surface area contributed by atoms with Gasteiger partial charge in [0.05, 0.1) is 13.7 Å². The van der Waals surface area contributed by atoms with Crippen LogP contribution in [0, 0.1) is 0 Å². The smallest absolute Gasteiger partial charge is 0.217 e. The SMILES string of the molecule is COc1ccccc1OC(C)(O)CN. The van der Waals surface area contributed by atoms with Gasteiger partial charge in [0.25, 0.3) is 0 Å². The lowest BCUT2D eigenvalue weighted by atomic mass is 10.3. The number of aliphatic hydroxyl groups is 1. The summed E-state index contributed by atoms with van der Waals surface area (Å²) in [6.07, 6.45) is 0. The highest BCUT2D eigenvalue weighted by molar-refractivity contribution is 5.39. The molecule has 4 nitrogen and oxygen atoms in total. The summed E-state index contributed by atoms with van der Waals surface area (Å²) in [4.78, 5) is 0. The molecule has 14 heavy (non-hydrogen) atoms. The number of nitrogens with two attached hydrogens (primary N) is 1. The van der Waals surface area contributed by atoms with Gasteiger partial charge in [-0.3, -0.25) is 0 Å². The number of hydrogen-bond donors (Lipinski definition) is 2. The zero-order valence-electron chi connectivity index (χ0n) is 8.36. The fourth-order valence-corrected chi connectivity index (χ4v) is 0.982. The summed E-state index contributed by atoms with van der Waals surface area (Å²) in [6.45, 7) is 1.52. The number of ether oxygens (including phenoxy) is 2. The van der Waals surface area contributed by atoms with Gasteiger partial charge in [-0.1, -0.05) is 12.1 Å². The topological polar surface area (TPSA) is 64.7 Å². The third-order valence-electron chi connectivity index (χ3n) is 1.78. The Bertz CT molecular complexity index is 299. The average molecular weight is 197 g/mol. The molecule has 0 saturated carbocycles. The maximum Gasteiger partial charge on any atom is 0.217 e. The van der Waals surface area contributed by atoms with Crippen LogP contribution < -0.4 is 15.2 Å². The molecule has 1 aromatic carbocycles. The zero-order chi connectivity index (χ0) is 10.6. The standard InChI is InChI=1S/C10H15NO3/c1-10(12,7-11)14-9-6-4-3-5-8(9)13-2/h3-6,12H,7,11H2,1-2H3. The molecule has 0 aromatic heterocycles. The highest BCUT2D eigenvalue weighted by atomic mass is 16.6. The van der Waals surface area contributed by atoms with Gasteiger partial charge in [0.15, 0.2) is 11.5 Å². The Morgan fingerprint density at radius 2 is 1.93 bits per heavy atom. The molecule has 0 heterocycles. The van der Waals surface area contributed by atoms with Crippen LogP contribution >= 0.6 is 0 Å². The molecule has 1 rings (SSSR count). The van der Waals surface area contributed by atoms with E-state index in [0.29, 0.717) is 11.5 Å². The maximum absolute atomic E-state index is 9.59. The van der Waals surface area contributed by atoms with E-state index in [1.54, 1.807) is 25.3 Å². The van der Waals surface area contributed by atoms with E-state index in [4.69, 9.17) is 15.2 Å². The van der Waals surface area contributed by atoms with Crippen molar-refractivity contribution < 1.29 is 14.6 Å². The summed E-state index contributed by atoms with van der Waals surface area (Å²) >= 11 is 0. The second kappa shape index (κ2) is 4.30. The summed E-state index contributed by atoms with van der Waals surface area (Å²) in [7, 11) is 1.54. The third-order valence-corrected chi connectivity index (χ3v) is 1.78. The normalized spacial score (nSPS) is 14.6.